The predicted octanol–water partition coefficient (Wildman–Crippen LogP) is 6.17. The summed E-state index contributed by atoms with van der Waals surface area (Å²) in [6.07, 6.45) is 0. The molecule has 1 fully saturated rings. The average Bonchev–Trinajstić information content (AvgIpc) is 3.33. The number of rotatable bonds is 0. The third-order valence-electron chi connectivity index (χ3n) is 6.41. The number of nitriles is 3. The summed E-state index contributed by atoms with van der Waals surface area (Å²) in [6.45, 7) is 11.8. The third-order valence-corrected chi connectivity index (χ3v) is 9.18. The van der Waals surface area contributed by atoms with Gasteiger partial charge in [0, 0.05) is 32.1 Å². The molecule has 5 rings (SSSR count). The lowest BCUT2D eigenvalue weighted by atomic mass is 9.68. The van der Waals surface area contributed by atoms with Crippen molar-refractivity contribution in [3.05, 3.63) is 92.5 Å². The van der Waals surface area contributed by atoms with Gasteiger partial charge in [0.25, 0.3) is 5.70 Å². The van der Waals surface area contributed by atoms with E-state index in [0.717, 1.165) is 43.2 Å². The number of thioether (sulfide) groups is 2. The van der Waals surface area contributed by atoms with Crippen molar-refractivity contribution in [1.29, 1.82) is 15.8 Å². The van der Waals surface area contributed by atoms with Gasteiger partial charge in [0.05, 0.1) is 12.6 Å². The summed E-state index contributed by atoms with van der Waals surface area (Å²) in [4.78, 5) is 5.83. The molecule has 1 aliphatic carbocycles. The minimum Gasteiger partial charge on any atom is -0.227 e. The number of aryl methyl sites for hydroxylation is 2. The van der Waals surface area contributed by atoms with Crippen LogP contribution in [0, 0.1) is 54.4 Å². The lowest BCUT2D eigenvalue weighted by molar-refractivity contribution is 0.617. The molecule has 1 saturated carbocycles. The van der Waals surface area contributed by atoms with Crippen molar-refractivity contribution in [3.8, 4) is 18.2 Å². The Kier molecular flexibility index (Phi) is 4.87. The maximum atomic E-state index is 9.88. The highest BCUT2D eigenvalue weighted by atomic mass is 32.2. The molecule has 2 heterocycles. The monoisotopic (exact) mass is 448 g/mol. The van der Waals surface area contributed by atoms with Crippen molar-refractivity contribution in [2.75, 3.05) is 0 Å². The minimum absolute atomic E-state index is 0.135. The van der Waals surface area contributed by atoms with Crippen LogP contribution in [0.2, 0.25) is 0 Å². The molecule has 3 aliphatic rings. The Hall–Kier alpha value is -3.42. The SMILES string of the molecule is [C-]#[N+]/C(C#N)=C1/C2Sc3cc(C)ccc3C2C(=C(C#N)C#N)C2Sc3cc(C)ccc3C12. The summed E-state index contributed by atoms with van der Waals surface area (Å²) in [5.74, 6) is -0.399. The van der Waals surface area contributed by atoms with E-state index in [2.05, 4.69) is 47.3 Å². The largest absolute Gasteiger partial charge is 0.262 e. The Balaban J connectivity index is 1.86. The highest BCUT2D eigenvalue weighted by Gasteiger charge is 2.54. The fraction of sp³-hybridized carbons (Fsp3) is 0.231. The van der Waals surface area contributed by atoms with Gasteiger partial charge in [0.2, 0.25) is 0 Å². The van der Waals surface area contributed by atoms with E-state index < -0.39 is 0 Å². The van der Waals surface area contributed by atoms with Crippen LogP contribution in [0.3, 0.4) is 0 Å². The molecule has 0 bridgehead atoms. The minimum atomic E-state index is -0.200. The first-order valence-corrected chi connectivity index (χ1v) is 11.9. The fourth-order valence-electron chi connectivity index (χ4n) is 5.13. The van der Waals surface area contributed by atoms with E-state index in [9.17, 15) is 15.8 Å². The highest BCUT2D eigenvalue weighted by Crippen LogP contribution is 2.66. The standard InChI is InChI=1S/C26H16N4S2/c1-13-4-6-16-19(8-13)32-26-22(16)21(15(10-27)11-28)25-23(24(26)18(12-29)30-3)17-7-5-14(2)9-20(17)31-25/h4-9,22-23,25-26H,1-2H3/b24-18+. The highest BCUT2D eigenvalue weighted by molar-refractivity contribution is 8.01. The van der Waals surface area contributed by atoms with Crippen molar-refractivity contribution >= 4 is 23.5 Å². The normalized spacial score (nSPS) is 25.8. The van der Waals surface area contributed by atoms with E-state index in [4.69, 9.17) is 6.57 Å². The van der Waals surface area contributed by atoms with Crippen molar-refractivity contribution in [1.82, 2.24) is 0 Å². The molecule has 2 aromatic carbocycles. The summed E-state index contributed by atoms with van der Waals surface area (Å²) in [6, 6.07) is 19.0. The maximum absolute atomic E-state index is 9.88. The van der Waals surface area contributed by atoms with Gasteiger partial charge < -0.3 is 0 Å². The summed E-state index contributed by atoms with van der Waals surface area (Å²) in [5.41, 5.74) is 6.39. The Labute approximate surface area is 195 Å². The van der Waals surface area contributed by atoms with Crippen LogP contribution in [0.4, 0.5) is 0 Å². The lowest BCUT2D eigenvalue weighted by Crippen LogP contribution is -2.35. The molecule has 0 amide bonds. The van der Waals surface area contributed by atoms with Crippen LogP contribution in [0.5, 0.6) is 0 Å². The summed E-state index contributed by atoms with van der Waals surface area (Å²) >= 11 is 3.31. The van der Waals surface area contributed by atoms with E-state index in [-0.39, 0.29) is 33.6 Å². The zero-order valence-electron chi connectivity index (χ0n) is 17.4. The van der Waals surface area contributed by atoms with Crippen LogP contribution in [0.15, 0.2) is 68.6 Å². The van der Waals surface area contributed by atoms with Gasteiger partial charge in [-0.05, 0) is 59.4 Å². The van der Waals surface area contributed by atoms with Crippen LogP contribution in [0.1, 0.15) is 34.1 Å². The van der Waals surface area contributed by atoms with Gasteiger partial charge in [-0.1, -0.05) is 24.3 Å². The quantitative estimate of drug-likeness (QED) is 0.356. The first-order valence-electron chi connectivity index (χ1n) is 10.1. The van der Waals surface area contributed by atoms with Crippen LogP contribution in [-0.2, 0) is 0 Å². The second-order valence-electron chi connectivity index (χ2n) is 8.20. The molecule has 0 saturated heterocycles. The molecule has 4 unspecified atom stereocenters. The Morgan fingerprint density at radius 1 is 0.812 bits per heavy atom. The Morgan fingerprint density at radius 3 is 1.78 bits per heavy atom. The fourth-order valence-corrected chi connectivity index (χ4v) is 8.48. The topological polar surface area (TPSA) is 75.7 Å². The second-order valence-corrected chi connectivity index (χ2v) is 10.6. The summed E-state index contributed by atoms with van der Waals surface area (Å²) < 4.78 is 0. The molecule has 4 nitrogen and oxygen atoms in total. The molecule has 2 aliphatic heterocycles. The molecule has 4 atom stereocenters. The van der Waals surface area contributed by atoms with Crippen molar-refractivity contribution in [3.63, 3.8) is 0 Å². The smallest absolute Gasteiger partial charge is 0.227 e. The van der Waals surface area contributed by atoms with E-state index in [0.29, 0.717) is 0 Å². The molecule has 0 N–H and O–H groups in total. The Morgan fingerprint density at radius 2 is 1.31 bits per heavy atom. The molecular formula is C26H16N4S2. The van der Waals surface area contributed by atoms with Gasteiger partial charge in [0.15, 0.2) is 0 Å². The molecule has 0 spiro atoms. The molecule has 152 valence electrons. The summed E-state index contributed by atoms with van der Waals surface area (Å²) in [5, 5.41) is 29.3. The first-order chi connectivity index (χ1) is 15.5. The van der Waals surface area contributed by atoms with Crippen molar-refractivity contribution in [2.24, 2.45) is 0 Å². The number of hydrogen-bond acceptors (Lipinski definition) is 5. The van der Waals surface area contributed by atoms with Gasteiger partial charge in [-0.15, -0.1) is 23.5 Å². The van der Waals surface area contributed by atoms with Crippen molar-refractivity contribution in [2.45, 2.75) is 46.0 Å². The molecule has 32 heavy (non-hydrogen) atoms. The summed E-state index contributed by atoms with van der Waals surface area (Å²) in [7, 11) is 0. The van der Waals surface area contributed by atoms with Crippen LogP contribution in [-0.4, -0.2) is 10.5 Å². The van der Waals surface area contributed by atoms with E-state index >= 15 is 0 Å². The molecule has 0 radical (unpaired) electrons. The van der Waals surface area contributed by atoms with E-state index in [1.54, 1.807) is 23.5 Å². The van der Waals surface area contributed by atoms with Crippen molar-refractivity contribution < 1.29 is 0 Å². The zero-order chi connectivity index (χ0) is 22.6. The maximum Gasteiger partial charge on any atom is 0.262 e. The van der Waals surface area contributed by atoms with Gasteiger partial charge in [0.1, 0.15) is 17.7 Å². The number of benzene rings is 2. The van der Waals surface area contributed by atoms with Gasteiger partial charge in [-0.3, -0.25) is 0 Å². The number of allylic oxidation sites excluding steroid dienone is 2. The lowest BCUT2D eigenvalue weighted by Gasteiger charge is -2.40. The van der Waals surface area contributed by atoms with Crippen LogP contribution in [0.25, 0.3) is 4.85 Å². The van der Waals surface area contributed by atoms with Gasteiger partial charge in [-0.25, -0.2) is 10.1 Å². The molecule has 2 aromatic rings. The zero-order valence-corrected chi connectivity index (χ0v) is 19.0. The van der Waals surface area contributed by atoms with Gasteiger partial charge >= 0.3 is 0 Å². The molecule has 6 heteroatoms. The number of fused-ring (bicyclic) bond motifs is 6. The number of hydrogen-bond donors (Lipinski definition) is 0. The molecule has 0 aromatic heterocycles. The predicted molar refractivity (Wildman–Crippen MR) is 125 cm³/mol. The van der Waals surface area contributed by atoms with Crippen LogP contribution < -0.4 is 0 Å². The van der Waals surface area contributed by atoms with Gasteiger partial charge in [-0.2, -0.15) is 10.5 Å². The third kappa shape index (κ3) is 2.82. The molecular weight excluding hydrogens is 432 g/mol. The van der Waals surface area contributed by atoms with Crippen LogP contribution >= 0.6 is 23.5 Å². The average molecular weight is 449 g/mol. The number of nitrogens with zero attached hydrogens (tertiary/aromatic N) is 4. The van der Waals surface area contributed by atoms with E-state index in [1.807, 2.05) is 26.0 Å². The second kappa shape index (κ2) is 7.62. The first kappa shape index (κ1) is 20.5. The Bertz CT molecular complexity index is 1280. The van der Waals surface area contributed by atoms with E-state index in [1.165, 1.54) is 0 Å².